The first-order valence-electron chi connectivity index (χ1n) is 10.5. The van der Waals surface area contributed by atoms with Crippen LogP contribution in [0.2, 0.25) is 0 Å². The molecule has 30 heavy (non-hydrogen) atoms. The van der Waals surface area contributed by atoms with Crippen LogP contribution in [0.1, 0.15) is 36.5 Å². The van der Waals surface area contributed by atoms with E-state index in [-0.39, 0.29) is 18.4 Å². The molecule has 1 unspecified atom stereocenters. The Balaban J connectivity index is 1.77. The first-order valence-corrected chi connectivity index (χ1v) is 10.5. The van der Waals surface area contributed by atoms with Crippen molar-refractivity contribution in [3.63, 3.8) is 0 Å². The van der Waals surface area contributed by atoms with E-state index >= 15 is 0 Å². The van der Waals surface area contributed by atoms with Crippen LogP contribution < -0.4 is 4.74 Å². The largest absolute Gasteiger partial charge is 0.496 e. The Morgan fingerprint density at radius 1 is 1.03 bits per heavy atom. The van der Waals surface area contributed by atoms with E-state index < -0.39 is 0 Å². The number of rotatable bonds is 5. The molecule has 0 aliphatic carbocycles. The highest BCUT2D eigenvalue weighted by molar-refractivity contribution is 6.35. The third-order valence-electron chi connectivity index (χ3n) is 5.95. The van der Waals surface area contributed by atoms with Gasteiger partial charge in [0.15, 0.2) is 0 Å². The molecular formula is C25H28N2O3. The van der Waals surface area contributed by atoms with E-state index in [4.69, 9.17) is 4.74 Å². The summed E-state index contributed by atoms with van der Waals surface area (Å²) in [5.74, 6) is 0.626. The van der Waals surface area contributed by atoms with Crippen LogP contribution in [0, 0.1) is 12.8 Å². The van der Waals surface area contributed by atoms with Crippen molar-refractivity contribution in [3.05, 3.63) is 70.9 Å². The van der Waals surface area contributed by atoms with E-state index in [1.54, 1.807) is 7.11 Å². The molecule has 1 atom stereocenters. The summed E-state index contributed by atoms with van der Waals surface area (Å²) in [7, 11) is 1.59. The molecule has 5 heteroatoms. The van der Waals surface area contributed by atoms with Gasteiger partial charge in [0.05, 0.1) is 19.2 Å². The average molecular weight is 405 g/mol. The maximum Gasteiger partial charge on any atom is 0.278 e. The second-order valence-corrected chi connectivity index (χ2v) is 8.30. The molecule has 0 radical (unpaired) electrons. The summed E-state index contributed by atoms with van der Waals surface area (Å²) in [6.45, 7) is 6.05. The number of ether oxygens (including phenoxy) is 1. The smallest absolute Gasteiger partial charge is 0.278 e. The van der Waals surface area contributed by atoms with Gasteiger partial charge in [-0.3, -0.25) is 14.5 Å². The lowest BCUT2D eigenvalue weighted by Crippen LogP contribution is -2.39. The first-order chi connectivity index (χ1) is 14.5. The van der Waals surface area contributed by atoms with Gasteiger partial charge in [0, 0.05) is 18.7 Å². The van der Waals surface area contributed by atoms with E-state index in [1.807, 2.05) is 55.5 Å². The quantitative estimate of drug-likeness (QED) is 0.707. The van der Waals surface area contributed by atoms with Gasteiger partial charge < -0.3 is 9.64 Å². The maximum atomic E-state index is 13.6. The molecule has 0 aromatic heterocycles. The fourth-order valence-electron chi connectivity index (χ4n) is 4.36. The van der Waals surface area contributed by atoms with Crippen LogP contribution in [0.3, 0.4) is 0 Å². The average Bonchev–Trinajstić information content (AvgIpc) is 2.99. The summed E-state index contributed by atoms with van der Waals surface area (Å²) in [6.07, 6.45) is 2.16. The van der Waals surface area contributed by atoms with Crippen molar-refractivity contribution in [3.8, 4) is 5.75 Å². The highest BCUT2D eigenvalue weighted by Gasteiger charge is 2.43. The van der Waals surface area contributed by atoms with Crippen LogP contribution in [0.4, 0.5) is 0 Å². The zero-order valence-electron chi connectivity index (χ0n) is 17.9. The molecule has 1 saturated heterocycles. The Morgan fingerprint density at radius 2 is 1.77 bits per heavy atom. The number of hydrogen-bond donors (Lipinski definition) is 0. The Hall–Kier alpha value is -3.08. The zero-order chi connectivity index (χ0) is 21.3. The van der Waals surface area contributed by atoms with Gasteiger partial charge in [-0.05, 0) is 37.3 Å². The van der Waals surface area contributed by atoms with Crippen LogP contribution >= 0.6 is 0 Å². The van der Waals surface area contributed by atoms with Crippen molar-refractivity contribution in [2.24, 2.45) is 5.92 Å². The molecule has 5 nitrogen and oxygen atoms in total. The van der Waals surface area contributed by atoms with Crippen LogP contribution in [-0.2, 0) is 16.1 Å². The number of aryl methyl sites for hydroxylation is 1. The standard InChI is InChI=1S/C25H28N2O3/c1-17-10-12-19(13-11-17)16-27-24(28)22(20-8-4-5-9-21(20)30-3)23(25(27)29)26-14-6-7-18(2)15-26/h4-5,8-13,18H,6-7,14-16H2,1-3H3. The molecule has 1 fully saturated rings. The minimum atomic E-state index is -0.252. The van der Waals surface area contributed by atoms with Crippen molar-refractivity contribution in [2.75, 3.05) is 20.2 Å². The van der Waals surface area contributed by atoms with Crippen molar-refractivity contribution >= 4 is 17.4 Å². The Bertz CT molecular complexity index is 994. The highest BCUT2D eigenvalue weighted by atomic mass is 16.5. The van der Waals surface area contributed by atoms with Crippen LogP contribution in [0.25, 0.3) is 5.57 Å². The lowest BCUT2D eigenvalue weighted by molar-refractivity contribution is -0.138. The topological polar surface area (TPSA) is 49.9 Å². The van der Waals surface area contributed by atoms with Crippen LogP contribution in [0.5, 0.6) is 5.75 Å². The van der Waals surface area contributed by atoms with E-state index in [2.05, 4.69) is 11.8 Å². The predicted octanol–water partition coefficient (Wildman–Crippen LogP) is 4.02. The number of methoxy groups -OCH3 is 1. The number of likely N-dealkylation sites (tertiary alicyclic amines) is 1. The van der Waals surface area contributed by atoms with Gasteiger partial charge in [-0.1, -0.05) is 55.0 Å². The Labute approximate surface area is 177 Å². The molecule has 156 valence electrons. The van der Waals surface area contributed by atoms with E-state index in [9.17, 15) is 9.59 Å². The summed E-state index contributed by atoms with van der Waals surface area (Å²) >= 11 is 0. The fraction of sp³-hybridized carbons (Fsp3) is 0.360. The molecule has 0 N–H and O–H groups in total. The van der Waals surface area contributed by atoms with Gasteiger partial charge in [0.1, 0.15) is 11.4 Å². The monoisotopic (exact) mass is 404 g/mol. The number of para-hydroxylation sites is 1. The molecule has 0 spiro atoms. The third kappa shape index (κ3) is 3.72. The van der Waals surface area contributed by atoms with Gasteiger partial charge in [-0.15, -0.1) is 0 Å². The summed E-state index contributed by atoms with van der Waals surface area (Å²) in [5, 5.41) is 0. The molecule has 0 bridgehead atoms. The number of nitrogens with zero attached hydrogens (tertiary/aromatic N) is 2. The number of carbonyl (C=O) groups is 2. The third-order valence-corrected chi connectivity index (χ3v) is 5.95. The molecule has 2 aliphatic heterocycles. The molecular weight excluding hydrogens is 376 g/mol. The lowest BCUT2D eigenvalue weighted by atomic mass is 9.97. The van der Waals surface area contributed by atoms with Gasteiger partial charge >= 0.3 is 0 Å². The molecule has 2 aromatic carbocycles. The molecule has 0 saturated carbocycles. The van der Waals surface area contributed by atoms with Crippen molar-refractivity contribution in [1.29, 1.82) is 0 Å². The normalized spacial score (nSPS) is 19.6. The van der Waals surface area contributed by atoms with E-state index in [1.165, 1.54) is 4.90 Å². The van der Waals surface area contributed by atoms with Crippen molar-refractivity contribution in [1.82, 2.24) is 9.80 Å². The second-order valence-electron chi connectivity index (χ2n) is 8.30. The molecule has 2 aliphatic rings. The highest BCUT2D eigenvalue weighted by Crippen LogP contribution is 2.38. The minimum Gasteiger partial charge on any atom is -0.496 e. The summed E-state index contributed by atoms with van der Waals surface area (Å²) in [4.78, 5) is 30.6. The lowest BCUT2D eigenvalue weighted by Gasteiger charge is -2.33. The number of hydrogen-bond acceptors (Lipinski definition) is 4. The van der Waals surface area contributed by atoms with Crippen LogP contribution in [-0.4, -0.2) is 41.8 Å². The summed E-state index contributed by atoms with van der Waals surface area (Å²) in [6, 6.07) is 15.4. The van der Waals surface area contributed by atoms with Gasteiger partial charge in [0.25, 0.3) is 11.8 Å². The second kappa shape index (κ2) is 8.34. The Kier molecular flexibility index (Phi) is 5.62. The molecule has 2 aromatic rings. The van der Waals surface area contributed by atoms with E-state index in [0.29, 0.717) is 28.5 Å². The predicted molar refractivity (Wildman–Crippen MR) is 117 cm³/mol. The minimum absolute atomic E-state index is 0.212. The number of carbonyl (C=O) groups excluding carboxylic acids is 2. The molecule has 4 rings (SSSR count). The zero-order valence-corrected chi connectivity index (χ0v) is 17.9. The number of amides is 2. The molecule has 2 amide bonds. The van der Waals surface area contributed by atoms with Gasteiger partial charge in [-0.25, -0.2) is 0 Å². The maximum absolute atomic E-state index is 13.6. The van der Waals surface area contributed by atoms with Crippen LogP contribution in [0.15, 0.2) is 54.2 Å². The van der Waals surface area contributed by atoms with E-state index in [0.717, 1.165) is 37.1 Å². The number of benzene rings is 2. The fourth-order valence-corrected chi connectivity index (χ4v) is 4.36. The van der Waals surface area contributed by atoms with Crippen molar-refractivity contribution < 1.29 is 14.3 Å². The van der Waals surface area contributed by atoms with Gasteiger partial charge in [0.2, 0.25) is 0 Å². The summed E-state index contributed by atoms with van der Waals surface area (Å²) < 4.78 is 5.53. The summed E-state index contributed by atoms with van der Waals surface area (Å²) in [5.41, 5.74) is 3.74. The SMILES string of the molecule is COc1ccccc1C1=C(N2CCCC(C)C2)C(=O)N(Cc2ccc(C)cc2)C1=O. The molecule has 2 heterocycles. The first kappa shape index (κ1) is 20.2. The van der Waals surface area contributed by atoms with Crippen molar-refractivity contribution in [2.45, 2.75) is 33.2 Å². The number of piperidine rings is 1. The number of imide groups is 1. The Morgan fingerprint density at radius 3 is 2.47 bits per heavy atom. The van der Waals surface area contributed by atoms with Gasteiger partial charge in [-0.2, -0.15) is 0 Å².